The van der Waals surface area contributed by atoms with Crippen LogP contribution in [0.2, 0.25) is 0 Å². The quantitative estimate of drug-likeness (QED) is 0.866. The first-order valence-corrected chi connectivity index (χ1v) is 8.33. The van der Waals surface area contributed by atoms with Crippen LogP contribution in [0.5, 0.6) is 0 Å². The van der Waals surface area contributed by atoms with E-state index in [1.165, 1.54) is 17.0 Å². The Bertz CT molecular complexity index is 624. The van der Waals surface area contributed by atoms with Crippen molar-refractivity contribution in [3.05, 3.63) is 29.8 Å². The van der Waals surface area contributed by atoms with Crippen molar-refractivity contribution < 1.29 is 22.8 Å². The standard InChI is InChI=1S/C16H19F3N2O2S/c1-15(2,3)20-14(23)24-12-8-9-21(13(12)22)11-6-4-10(5-7-11)16(17,18)19/h4-7,12H,8-9H2,1-3H3,(H,20,23). The van der Waals surface area contributed by atoms with Crippen molar-refractivity contribution in [3.8, 4) is 0 Å². The van der Waals surface area contributed by atoms with Gasteiger partial charge >= 0.3 is 6.18 Å². The summed E-state index contributed by atoms with van der Waals surface area (Å²) in [6.07, 6.45) is -3.93. The average molecular weight is 360 g/mol. The van der Waals surface area contributed by atoms with Gasteiger partial charge in [0.1, 0.15) is 0 Å². The molecule has 132 valence electrons. The Morgan fingerprint density at radius 1 is 1.21 bits per heavy atom. The predicted molar refractivity (Wildman–Crippen MR) is 88.1 cm³/mol. The molecule has 1 fully saturated rings. The molecule has 1 aromatic carbocycles. The zero-order chi connectivity index (χ0) is 18.1. The molecular weight excluding hydrogens is 341 g/mol. The summed E-state index contributed by atoms with van der Waals surface area (Å²) in [7, 11) is 0. The van der Waals surface area contributed by atoms with Crippen LogP contribution >= 0.6 is 11.8 Å². The van der Waals surface area contributed by atoms with Gasteiger partial charge in [0.25, 0.3) is 5.24 Å². The van der Waals surface area contributed by atoms with Crippen LogP contribution in [-0.2, 0) is 11.0 Å². The Balaban J connectivity index is 2.02. The summed E-state index contributed by atoms with van der Waals surface area (Å²) in [5.41, 5.74) is -0.737. The highest BCUT2D eigenvalue weighted by atomic mass is 32.2. The SMILES string of the molecule is CC(C)(C)NC(=O)SC1CCN(c2ccc(C(F)(F)F)cc2)C1=O. The van der Waals surface area contributed by atoms with E-state index >= 15 is 0 Å². The van der Waals surface area contributed by atoms with E-state index in [1.54, 1.807) is 0 Å². The lowest BCUT2D eigenvalue weighted by atomic mass is 10.1. The molecule has 0 saturated carbocycles. The van der Waals surface area contributed by atoms with Crippen molar-refractivity contribution in [2.45, 2.75) is 44.2 Å². The molecule has 1 N–H and O–H groups in total. The van der Waals surface area contributed by atoms with Crippen LogP contribution in [0.25, 0.3) is 0 Å². The molecule has 0 bridgehead atoms. The number of alkyl halides is 3. The summed E-state index contributed by atoms with van der Waals surface area (Å²) in [4.78, 5) is 25.7. The van der Waals surface area contributed by atoms with E-state index in [0.29, 0.717) is 18.7 Å². The number of benzene rings is 1. The number of hydrogen-bond donors (Lipinski definition) is 1. The van der Waals surface area contributed by atoms with Gasteiger partial charge in [-0.1, -0.05) is 11.8 Å². The molecule has 1 aromatic rings. The van der Waals surface area contributed by atoms with Gasteiger partial charge in [0.2, 0.25) is 5.91 Å². The van der Waals surface area contributed by atoms with Gasteiger partial charge in [0.05, 0.1) is 10.8 Å². The van der Waals surface area contributed by atoms with Gasteiger partial charge in [-0.25, -0.2) is 0 Å². The number of nitrogens with one attached hydrogen (secondary N) is 1. The van der Waals surface area contributed by atoms with Crippen LogP contribution in [-0.4, -0.2) is 28.5 Å². The number of carbonyl (C=O) groups is 2. The molecule has 0 aromatic heterocycles. The minimum atomic E-state index is -4.41. The van der Waals surface area contributed by atoms with Gasteiger partial charge in [0, 0.05) is 17.8 Å². The van der Waals surface area contributed by atoms with Gasteiger partial charge in [-0.05, 0) is 51.5 Å². The van der Waals surface area contributed by atoms with Crippen LogP contribution in [0, 0.1) is 0 Å². The lowest BCUT2D eigenvalue weighted by molar-refractivity contribution is -0.137. The highest BCUT2D eigenvalue weighted by Crippen LogP contribution is 2.33. The third kappa shape index (κ3) is 4.66. The maximum Gasteiger partial charge on any atom is 0.416 e. The van der Waals surface area contributed by atoms with E-state index in [4.69, 9.17) is 0 Å². The molecule has 0 radical (unpaired) electrons. The smallest absolute Gasteiger partial charge is 0.342 e. The molecule has 1 unspecified atom stereocenters. The van der Waals surface area contributed by atoms with Crippen LogP contribution in [0.3, 0.4) is 0 Å². The Morgan fingerprint density at radius 2 is 1.79 bits per heavy atom. The fourth-order valence-electron chi connectivity index (χ4n) is 2.31. The third-order valence-corrected chi connectivity index (χ3v) is 4.43. The van der Waals surface area contributed by atoms with Gasteiger partial charge in [-0.3, -0.25) is 9.59 Å². The first-order valence-electron chi connectivity index (χ1n) is 7.45. The van der Waals surface area contributed by atoms with E-state index in [1.807, 2.05) is 20.8 Å². The average Bonchev–Trinajstić information content (AvgIpc) is 2.77. The second-order valence-electron chi connectivity index (χ2n) is 6.59. The molecule has 0 spiro atoms. The molecule has 1 saturated heterocycles. The van der Waals surface area contributed by atoms with Crippen molar-refractivity contribution >= 4 is 28.6 Å². The molecule has 2 amide bonds. The first-order chi connectivity index (χ1) is 11.0. The van der Waals surface area contributed by atoms with Gasteiger partial charge in [-0.15, -0.1) is 0 Å². The van der Waals surface area contributed by atoms with Gasteiger partial charge in [-0.2, -0.15) is 13.2 Å². The predicted octanol–water partition coefficient (Wildman–Crippen LogP) is 4.05. The van der Waals surface area contributed by atoms with Crippen molar-refractivity contribution in [1.82, 2.24) is 5.32 Å². The minimum Gasteiger partial charge on any atom is -0.342 e. The normalized spacial score (nSPS) is 18.8. The number of amides is 2. The second-order valence-corrected chi connectivity index (χ2v) is 7.77. The zero-order valence-electron chi connectivity index (χ0n) is 13.6. The lowest BCUT2D eigenvalue weighted by Gasteiger charge is -2.21. The van der Waals surface area contributed by atoms with E-state index in [2.05, 4.69) is 5.32 Å². The lowest BCUT2D eigenvalue weighted by Crippen LogP contribution is -2.39. The molecule has 1 aliphatic rings. The fraction of sp³-hybridized carbons (Fsp3) is 0.500. The largest absolute Gasteiger partial charge is 0.416 e. The van der Waals surface area contributed by atoms with Crippen LogP contribution in [0.15, 0.2) is 24.3 Å². The van der Waals surface area contributed by atoms with Gasteiger partial charge < -0.3 is 10.2 Å². The Labute approximate surface area is 142 Å². The maximum atomic E-state index is 12.6. The summed E-state index contributed by atoms with van der Waals surface area (Å²) in [6.45, 7) is 5.91. The molecule has 4 nitrogen and oxygen atoms in total. The zero-order valence-corrected chi connectivity index (χ0v) is 14.4. The molecule has 1 atom stereocenters. The van der Waals surface area contributed by atoms with Crippen molar-refractivity contribution in [1.29, 1.82) is 0 Å². The molecule has 8 heteroatoms. The number of anilines is 1. The fourth-order valence-corrected chi connectivity index (χ4v) is 3.39. The van der Waals surface area contributed by atoms with Crippen LogP contribution in [0.1, 0.15) is 32.8 Å². The molecule has 0 aliphatic carbocycles. The molecule has 2 rings (SSSR count). The molecule has 1 heterocycles. The summed E-state index contributed by atoms with van der Waals surface area (Å²) in [5.74, 6) is -0.260. The topological polar surface area (TPSA) is 49.4 Å². The Hall–Kier alpha value is -1.70. The number of nitrogens with zero attached hydrogens (tertiary/aromatic N) is 1. The maximum absolute atomic E-state index is 12.6. The second kappa shape index (κ2) is 6.66. The third-order valence-electron chi connectivity index (χ3n) is 3.39. The van der Waals surface area contributed by atoms with Crippen LogP contribution < -0.4 is 10.2 Å². The minimum absolute atomic E-state index is 0.260. The van der Waals surface area contributed by atoms with Crippen LogP contribution in [0.4, 0.5) is 23.7 Å². The Morgan fingerprint density at radius 3 is 2.29 bits per heavy atom. The van der Waals surface area contributed by atoms with E-state index in [-0.39, 0.29) is 11.1 Å². The van der Waals surface area contributed by atoms with E-state index in [9.17, 15) is 22.8 Å². The highest BCUT2D eigenvalue weighted by Gasteiger charge is 2.36. The summed E-state index contributed by atoms with van der Waals surface area (Å²) < 4.78 is 37.8. The number of halogens is 3. The van der Waals surface area contributed by atoms with Crippen molar-refractivity contribution in [2.75, 3.05) is 11.4 Å². The number of rotatable bonds is 2. The number of thioether (sulfide) groups is 1. The Kier molecular flexibility index (Phi) is 5.17. The number of carbonyl (C=O) groups excluding carboxylic acids is 2. The van der Waals surface area contributed by atoms with Crippen molar-refractivity contribution in [3.63, 3.8) is 0 Å². The summed E-state index contributed by atoms with van der Waals surface area (Å²) >= 11 is 0.927. The summed E-state index contributed by atoms with van der Waals surface area (Å²) in [6, 6.07) is 4.47. The number of hydrogen-bond acceptors (Lipinski definition) is 3. The summed E-state index contributed by atoms with van der Waals surface area (Å²) in [5, 5.41) is 1.97. The van der Waals surface area contributed by atoms with Crippen molar-refractivity contribution in [2.24, 2.45) is 0 Å². The monoisotopic (exact) mass is 360 g/mol. The van der Waals surface area contributed by atoms with E-state index < -0.39 is 22.5 Å². The molecular formula is C16H19F3N2O2S. The molecule has 24 heavy (non-hydrogen) atoms. The first kappa shape index (κ1) is 18.6. The highest BCUT2D eigenvalue weighted by molar-refractivity contribution is 8.14. The van der Waals surface area contributed by atoms with E-state index in [0.717, 1.165) is 23.9 Å². The van der Waals surface area contributed by atoms with Gasteiger partial charge in [0.15, 0.2) is 0 Å². The molecule has 1 aliphatic heterocycles.